The number of carbonyl (C=O) groups excluding carboxylic acids is 2. The predicted molar refractivity (Wildman–Crippen MR) is 89.5 cm³/mol. The highest BCUT2D eigenvalue weighted by molar-refractivity contribution is 6.30. The first-order valence-corrected chi connectivity index (χ1v) is 8.61. The van der Waals surface area contributed by atoms with Gasteiger partial charge in [-0.05, 0) is 43.4 Å². The van der Waals surface area contributed by atoms with Crippen molar-refractivity contribution in [1.29, 1.82) is 0 Å². The first-order valence-electron chi connectivity index (χ1n) is 8.23. The third-order valence-corrected chi connectivity index (χ3v) is 4.97. The Hall–Kier alpha value is -1.75. The van der Waals surface area contributed by atoms with Gasteiger partial charge in [0.25, 0.3) is 0 Å². The molecule has 2 fully saturated rings. The Labute approximate surface area is 141 Å². The van der Waals surface area contributed by atoms with Crippen molar-refractivity contribution in [3.8, 4) is 0 Å². The van der Waals surface area contributed by atoms with Crippen LogP contribution in [0, 0.1) is 0 Å². The van der Waals surface area contributed by atoms with Gasteiger partial charge < -0.3 is 16.0 Å². The van der Waals surface area contributed by atoms with E-state index in [0.717, 1.165) is 30.7 Å². The van der Waals surface area contributed by atoms with Gasteiger partial charge in [0.1, 0.15) is 6.04 Å². The average Bonchev–Trinajstić information content (AvgIpc) is 2.98. The number of amides is 3. The summed E-state index contributed by atoms with van der Waals surface area (Å²) in [7, 11) is 0. The molecule has 1 saturated carbocycles. The van der Waals surface area contributed by atoms with E-state index in [-0.39, 0.29) is 18.0 Å². The van der Waals surface area contributed by atoms with Crippen LogP contribution in [-0.2, 0) is 4.79 Å². The third kappa shape index (κ3) is 3.96. The average molecular weight is 336 g/mol. The SMILES string of the molecule is O=C(N[C@H]1CCC[C@@H]1c1ccc(Cl)cc1)N[C@@H]1CCCNC1=O. The molecule has 0 spiro atoms. The van der Waals surface area contributed by atoms with Crippen LogP contribution in [0.5, 0.6) is 0 Å². The molecular weight excluding hydrogens is 314 g/mol. The monoisotopic (exact) mass is 335 g/mol. The zero-order chi connectivity index (χ0) is 16.2. The van der Waals surface area contributed by atoms with Crippen LogP contribution in [0.3, 0.4) is 0 Å². The van der Waals surface area contributed by atoms with Gasteiger partial charge in [-0.2, -0.15) is 0 Å². The third-order valence-electron chi connectivity index (χ3n) is 4.72. The zero-order valence-corrected chi connectivity index (χ0v) is 13.7. The largest absolute Gasteiger partial charge is 0.354 e. The number of benzene rings is 1. The minimum absolute atomic E-state index is 0.0907. The molecular formula is C17H22ClN3O2. The maximum Gasteiger partial charge on any atom is 0.315 e. The lowest BCUT2D eigenvalue weighted by Crippen LogP contribution is -2.54. The molecule has 1 heterocycles. The summed E-state index contributed by atoms with van der Waals surface area (Å²) in [6.45, 7) is 0.694. The van der Waals surface area contributed by atoms with Crippen molar-refractivity contribution in [3.05, 3.63) is 34.9 Å². The fourth-order valence-electron chi connectivity index (χ4n) is 3.52. The van der Waals surface area contributed by atoms with Crippen LogP contribution in [-0.4, -0.2) is 30.6 Å². The summed E-state index contributed by atoms with van der Waals surface area (Å²) < 4.78 is 0. The summed E-state index contributed by atoms with van der Waals surface area (Å²) in [6, 6.07) is 7.26. The van der Waals surface area contributed by atoms with Crippen molar-refractivity contribution in [3.63, 3.8) is 0 Å². The second-order valence-corrected chi connectivity index (χ2v) is 6.74. The van der Waals surface area contributed by atoms with E-state index in [2.05, 4.69) is 16.0 Å². The number of nitrogens with one attached hydrogen (secondary N) is 3. The van der Waals surface area contributed by atoms with E-state index in [1.807, 2.05) is 24.3 Å². The minimum atomic E-state index is -0.417. The van der Waals surface area contributed by atoms with Crippen LogP contribution in [0.25, 0.3) is 0 Å². The van der Waals surface area contributed by atoms with Crippen molar-refractivity contribution in [2.45, 2.75) is 50.1 Å². The second kappa shape index (κ2) is 7.21. The molecule has 1 aromatic carbocycles. The van der Waals surface area contributed by atoms with Gasteiger partial charge in [-0.3, -0.25) is 4.79 Å². The molecule has 0 bridgehead atoms. The molecule has 2 aliphatic rings. The van der Waals surface area contributed by atoms with Gasteiger partial charge in [-0.1, -0.05) is 30.2 Å². The number of urea groups is 1. The molecule has 124 valence electrons. The Morgan fingerprint density at radius 2 is 1.87 bits per heavy atom. The van der Waals surface area contributed by atoms with Crippen molar-refractivity contribution in [1.82, 2.24) is 16.0 Å². The smallest absolute Gasteiger partial charge is 0.315 e. The standard InChI is InChI=1S/C17H22ClN3O2/c18-12-8-6-11(7-9-12)13-3-1-4-14(13)20-17(23)21-15-5-2-10-19-16(15)22/h6-9,13-15H,1-5,10H2,(H,19,22)(H2,20,21,23)/t13-,14+,15-/m1/s1. The molecule has 0 aromatic heterocycles. The Bertz CT molecular complexity index is 576. The number of piperidine rings is 1. The van der Waals surface area contributed by atoms with Crippen LogP contribution in [0.1, 0.15) is 43.6 Å². The van der Waals surface area contributed by atoms with E-state index in [9.17, 15) is 9.59 Å². The highest BCUT2D eigenvalue weighted by atomic mass is 35.5. The second-order valence-electron chi connectivity index (χ2n) is 6.30. The summed E-state index contributed by atoms with van der Waals surface area (Å²) in [6.07, 6.45) is 4.69. The minimum Gasteiger partial charge on any atom is -0.354 e. The lowest BCUT2D eigenvalue weighted by molar-refractivity contribution is -0.124. The molecule has 23 heavy (non-hydrogen) atoms. The van der Waals surface area contributed by atoms with Gasteiger partial charge in [0.05, 0.1) is 0 Å². The molecule has 1 aliphatic carbocycles. The van der Waals surface area contributed by atoms with Crippen LogP contribution >= 0.6 is 11.6 Å². The quantitative estimate of drug-likeness (QED) is 0.794. The highest BCUT2D eigenvalue weighted by Gasteiger charge is 2.31. The van der Waals surface area contributed by atoms with E-state index in [1.165, 1.54) is 5.56 Å². The number of hydrogen-bond donors (Lipinski definition) is 3. The summed E-state index contributed by atoms with van der Waals surface area (Å²) in [4.78, 5) is 23.9. The summed E-state index contributed by atoms with van der Waals surface area (Å²) >= 11 is 5.94. The number of carbonyl (C=O) groups is 2. The van der Waals surface area contributed by atoms with E-state index in [1.54, 1.807) is 0 Å². The summed E-state index contributed by atoms with van der Waals surface area (Å²) in [5, 5.41) is 9.34. The van der Waals surface area contributed by atoms with Crippen molar-refractivity contribution in [2.75, 3.05) is 6.54 Å². The van der Waals surface area contributed by atoms with E-state index < -0.39 is 6.04 Å². The van der Waals surface area contributed by atoms with Crippen molar-refractivity contribution >= 4 is 23.5 Å². The molecule has 0 unspecified atom stereocenters. The van der Waals surface area contributed by atoms with Gasteiger partial charge in [-0.15, -0.1) is 0 Å². The van der Waals surface area contributed by atoms with E-state index in [0.29, 0.717) is 18.9 Å². The van der Waals surface area contributed by atoms with Crippen LogP contribution < -0.4 is 16.0 Å². The molecule has 1 saturated heterocycles. The maximum atomic E-state index is 12.2. The lowest BCUT2D eigenvalue weighted by Gasteiger charge is -2.26. The van der Waals surface area contributed by atoms with E-state index in [4.69, 9.17) is 11.6 Å². The van der Waals surface area contributed by atoms with Gasteiger partial charge in [0.15, 0.2) is 0 Å². The first kappa shape index (κ1) is 16.1. The fraction of sp³-hybridized carbons (Fsp3) is 0.529. The Kier molecular flexibility index (Phi) is 5.06. The van der Waals surface area contributed by atoms with Crippen LogP contribution in [0.2, 0.25) is 5.02 Å². The molecule has 3 atom stereocenters. The fourth-order valence-corrected chi connectivity index (χ4v) is 3.65. The van der Waals surface area contributed by atoms with Crippen LogP contribution in [0.4, 0.5) is 4.79 Å². The van der Waals surface area contributed by atoms with E-state index >= 15 is 0 Å². The van der Waals surface area contributed by atoms with Gasteiger partial charge in [0.2, 0.25) is 5.91 Å². The lowest BCUT2D eigenvalue weighted by atomic mass is 9.94. The summed E-state index contributed by atoms with van der Waals surface area (Å²) in [5.41, 5.74) is 1.20. The van der Waals surface area contributed by atoms with Crippen LogP contribution in [0.15, 0.2) is 24.3 Å². The first-order chi connectivity index (χ1) is 11.1. The molecule has 5 nitrogen and oxygen atoms in total. The summed E-state index contributed by atoms with van der Waals surface area (Å²) in [5.74, 6) is 0.213. The predicted octanol–water partition coefficient (Wildman–Crippen LogP) is 2.55. The maximum absolute atomic E-state index is 12.2. The zero-order valence-electron chi connectivity index (χ0n) is 13.0. The van der Waals surface area contributed by atoms with Gasteiger partial charge in [-0.25, -0.2) is 4.79 Å². The highest BCUT2D eigenvalue weighted by Crippen LogP contribution is 2.35. The molecule has 1 aromatic rings. The number of halogens is 1. The molecule has 3 rings (SSSR count). The molecule has 1 aliphatic heterocycles. The number of rotatable bonds is 3. The normalized spacial score (nSPS) is 27.3. The molecule has 6 heteroatoms. The van der Waals surface area contributed by atoms with Gasteiger partial charge in [0, 0.05) is 23.5 Å². The number of hydrogen-bond acceptors (Lipinski definition) is 2. The Morgan fingerprint density at radius 1 is 1.09 bits per heavy atom. The molecule has 3 amide bonds. The molecule has 3 N–H and O–H groups in total. The Balaban J connectivity index is 1.58. The van der Waals surface area contributed by atoms with Gasteiger partial charge >= 0.3 is 6.03 Å². The topological polar surface area (TPSA) is 70.2 Å². The Morgan fingerprint density at radius 3 is 2.61 bits per heavy atom. The van der Waals surface area contributed by atoms with Crippen molar-refractivity contribution < 1.29 is 9.59 Å². The molecule has 0 radical (unpaired) electrons. The van der Waals surface area contributed by atoms with Crippen molar-refractivity contribution in [2.24, 2.45) is 0 Å².